The third kappa shape index (κ3) is 5.13. The Morgan fingerprint density at radius 1 is 1.18 bits per heavy atom. The van der Waals surface area contributed by atoms with Gasteiger partial charge < -0.3 is 14.2 Å². The maximum absolute atomic E-state index is 13.8. The van der Waals surface area contributed by atoms with Crippen molar-refractivity contribution < 1.29 is 19.0 Å². The number of methoxy groups -OCH3 is 2. The van der Waals surface area contributed by atoms with E-state index in [-0.39, 0.29) is 5.91 Å². The monoisotopic (exact) mass is 469 g/mol. The number of aromatic nitrogens is 1. The zero-order chi connectivity index (χ0) is 23.4. The first-order valence-electron chi connectivity index (χ1n) is 11.2. The van der Waals surface area contributed by atoms with Crippen LogP contribution in [-0.4, -0.2) is 69.4 Å². The number of ether oxygens (including phenoxy) is 3. The molecule has 1 saturated heterocycles. The summed E-state index contributed by atoms with van der Waals surface area (Å²) in [4.78, 5) is 22.9. The smallest absolute Gasteiger partial charge is 0.263 e. The number of hydrogen-bond donors (Lipinski definition) is 0. The van der Waals surface area contributed by atoms with Gasteiger partial charge in [0.25, 0.3) is 5.91 Å². The van der Waals surface area contributed by atoms with E-state index in [1.54, 1.807) is 42.6 Å². The minimum Gasteiger partial charge on any atom is -0.493 e. The lowest BCUT2D eigenvalue weighted by atomic mass is 10.1. The van der Waals surface area contributed by atoms with Gasteiger partial charge in [-0.2, -0.15) is 0 Å². The number of fused-ring (bicyclic) bond motifs is 1. The van der Waals surface area contributed by atoms with Crippen LogP contribution in [0.3, 0.4) is 0 Å². The summed E-state index contributed by atoms with van der Waals surface area (Å²) in [5.41, 5.74) is 3.73. The fraction of sp³-hybridized carbons (Fsp3) is 0.440. The van der Waals surface area contributed by atoms with Crippen LogP contribution in [0.2, 0.25) is 0 Å². The molecule has 4 rings (SSSR count). The van der Waals surface area contributed by atoms with Gasteiger partial charge in [0.1, 0.15) is 0 Å². The minimum absolute atomic E-state index is 0.138. The molecule has 0 aliphatic carbocycles. The molecule has 1 aromatic heterocycles. The highest BCUT2D eigenvalue weighted by molar-refractivity contribution is 7.22. The molecule has 0 atom stereocenters. The van der Waals surface area contributed by atoms with Crippen molar-refractivity contribution in [3.63, 3.8) is 0 Å². The van der Waals surface area contributed by atoms with Gasteiger partial charge in [-0.1, -0.05) is 23.5 Å². The molecule has 2 aromatic carbocycles. The number of amides is 1. The van der Waals surface area contributed by atoms with Gasteiger partial charge in [-0.3, -0.25) is 14.6 Å². The molecule has 0 bridgehead atoms. The van der Waals surface area contributed by atoms with Crippen LogP contribution in [0.4, 0.5) is 5.13 Å². The molecule has 0 saturated carbocycles. The summed E-state index contributed by atoms with van der Waals surface area (Å²) >= 11 is 1.56. The van der Waals surface area contributed by atoms with Crippen molar-refractivity contribution in [3.05, 3.63) is 47.0 Å². The third-order valence-electron chi connectivity index (χ3n) is 5.88. The normalized spacial score (nSPS) is 14.4. The van der Waals surface area contributed by atoms with E-state index in [0.29, 0.717) is 28.7 Å². The average Bonchev–Trinajstić information content (AvgIpc) is 3.25. The number of carbonyl (C=O) groups excluding carboxylic acids is 1. The highest BCUT2D eigenvalue weighted by Gasteiger charge is 2.26. The van der Waals surface area contributed by atoms with Gasteiger partial charge in [0.15, 0.2) is 16.6 Å². The first kappa shape index (κ1) is 23.5. The van der Waals surface area contributed by atoms with Gasteiger partial charge in [-0.05, 0) is 49.6 Å². The van der Waals surface area contributed by atoms with E-state index >= 15 is 0 Å². The van der Waals surface area contributed by atoms with Gasteiger partial charge in [0.05, 0.1) is 43.2 Å². The summed E-state index contributed by atoms with van der Waals surface area (Å²) in [5.74, 6) is 0.838. The first-order valence-corrected chi connectivity index (χ1v) is 12.0. The zero-order valence-corrected chi connectivity index (χ0v) is 20.5. The molecule has 2 heterocycles. The fourth-order valence-electron chi connectivity index (χ4n) is 4.24. The largest absolute Gasteiger partial charge is 0.493 e. The number of anilines is 1. The number of carbonyl (C=O) groups is 1. The predicted octanol–water partition coefficient (Wildman–Crippen LogP) is 4.30. The van der Waals surface area contributed by atoms with Crippen LogP contribution in [0.1, 0.15) is 27.9 Å². The highest BCUT2D eigenvalue weighted by Crippen LogP contribution is 2.36. The minimum atomic E-state index is -0.138. The molecule has 8 heteroatoms. The SMILES string of the molecule is COc1cccc(C(=O)N(CCCN2CCOCC2)c2nc3cc(C)cc(C)c3s2)c1OC. The lowest BCUT2D eigenvalue weighted by molar-refractivity contribution is 0.0376. The lowest BCUT2D eigenvalue weighted by Gasteiger charge is -2.28. The topological polar surface area (TPSA) is 64.1 Å². The molecule has 0 unspecified atom stereocenters. The first-order chi connectivity index (χ1) is 16.0. The van der Waals surface area contributed by atoms with E-state index in [0.717, 1.165) is 55.0 Å². The van der Waals surface area contributed by atoms with Crippen molar-refractivity contribution in [2.45, 2.75) is 20.3 Å². The Bertz CT molecular complexity index is 1120. The Kier molecular flexibility index (Phi) is 7.47. The van der Waals surface area contributed by atoms with Crippen molar-refractivity contribution in [3.8, 4) is 11.5 Å². The summed E-state index contributed by atoms with van der Waals surface area (Å²) in [6.45, 7) is 9.01. The van der Waals surface area contributed by atoms with Gasteiger partial charge >= 0.3 is 0 Å². The molecule has 1 aliphatic rings. The molecule has 7 nitrogen and oxygen atoms in total. The summed E-state index contributed by atoms with van der Waals surface area (Å²) in [6, 6.07) is 9.61. The summed E-state index contributed by atoms with van der Waals surface area (Å²) in [5, 5.41) is 0.704. The van der Waals surface area contributed by atoms with E-state index in [4.69, 9.17) is 19.2 Å². The van der Waals surface area contributed by atoms with Crippen molar-refractivity contribution in [2.75, 3.05) is 58.5 Å². The zero-order valence-electron chi connectivity index (χ0n) is 19.7. The number of rotatable bonds is 8. The Balaban J connectivity index is 1.67. The molecule has 0 spiro atoms. The van der Waals surface area contributed by atoms with Gasteiger partial charge in [0, 0.05) is 26.2 Å². The van der Waals surface area contributed by atoms with Gasteiger partial charge in [-0.25, -0.2) is 4.98 Å². The summed E-state index contributed by atoms with van der Waals surface area (Å²) < 4.78 is 17.5. The third-order valence-corrected chi connectivity index (χ3v) is 7.11. The number of benzene rings is 2. The number of thiazole rings is 1. The Hall–Kier alpha value is -2.68. The van der Waals surface area contributed by atoms with E-state index in [2.05, 4.69) is 30.9 Å². The summed E-state index contributed by atoms with van der Waals surface area (Å²) in [6.07, 6.45) is 0.839. The van der Waals surface area contributed by atoms with Crippen LogP contribution in [-0.2, 0) is 4.74 Å². The van der Waals surface area contributed by atoms with E-state index in [9.17, 15) is 4.79 Å². The fourth-order valence-corrected chi connectivity index (χ4v) is 5.28. The molecule has 0 N–H and O–H groups in total. The molecule has 1 aliphatic heterocycles. The predicted molar refractivity (Wildman–Crippen MR) is 132 cm³/mol. The van der Waals surface area contributed by atoms with E-state index < -0.39 is 0 Å². The Labute approximate surface area is 198 Å². The second kappa shape index (κ2) is 10.5. The van der Waals surface area contributed by atoms with Crippen molar-refractivity contribution in [2.24, 2.45) is 0 Å². The van der Waals surface area contributed by atoms with Crippen LogP contribution in [0, 0.1) is 13.8 Å². The van der Waals surface area contributed by atoms with Crippen molar-refractivity contribution in [1.29, 1.82) is 0 Å². The number of hydrogen-bond acceptors (Lipinski definition) is 7. The molecule has 33 heavy (non-hydrogen) atoms. The van der Waals surface area contributed by atoms with Crippen LogP contribution in [0.15, 0.2) is 30.3 Å². The quantitative estimate of drug-likeness (QED) is 0.490. The second-order valence-electron chi connectivity index (χ2n) is 8.23. The van der Waals surface area contributed by atoms with E-state index in [1.807, 2.05) is 6.07 Å². The Morgan fingerprint density at radius 2 is 1.97 bits per heavy atom. The second-order valence-corrected chi connectivity index (χ2v) is 9.21. The number of aryl methyl sites for hydroxylation is 2. The average molecular weight is 470 g/mol. The van der Waals surface area contributed by atoms with Gasteiger partial charge in [-0.15, -0.1) is 0 Å². The molecule has 0 radical (unpaired) electrons. The maximum Gasteiger partial charge on any atom is 0.263 e. The molecule has 1 fully saturated rings. The van der Waals surface area contributed by atoms with Crippen molar-refractivity contribution >= 4 is 32.6 Å². The van der Waals surface area contributed by atoms with Crippen LogP contribution in [0.5, 0.6) is 11.5 Å². The lowest BCUT2D eigenvalue weighted by Crippen LogP contribution is -2.39. The molecular formula is C25H31N3O4S. The molecule has 176 valence electrons. The highest BCUT2D eigenvalue weighted by atomic mass is 32.1. The van der Waals surface area contributed by atoms with Gasteiger partial charge in [0.2, 0.25) is 0 Å². The number of nitrogens with zero attached hydrogens (tertiary/aromatic N) is 3. The van der Waals surface area contributed by atoms with Crippen molar-refractivity contribution in [1.82, 2.24) is 9.88 Å². The number of morpholine rings is 1. The van der Waals surface area contributed by atoms with Crippen LogP contribution in [0.25, 0.3) is 10.2 Å². The maximum atomic E-state index is 13.8. The standard InChI is InChI=1S/C25H31N3O4S/c1-17-15-18(2)23-20(16-17)26-25(33-23)28(10-6-9-27-11-13-32-14-12-27)24(29)19-7-5-8-21(30-3)22(19)31-4/h5,7-8,15-16H,6,9-14H2,1-4H3. The Morgan fingerprint density at radius 3 is 2.70 bits per heavy atom. The van der Waals surface area contributed by atoms with Crippen LogP contribution < -0.4 is 14.4 Å². The molecule has 1 amide bonds. The molecule has 3 aromatic rings. The number of para-hydroxylation sites is 1. The summed E-state index contributed by atoms with van der Waals surface area (Å²) in [7, 11) is 3.13. The van der Waals surface area contributed by atoms with Crippen LogP contribution >= 0.6 is 11.3 Å². The van der Waals surface area contributed by atoms with E-state index in [1.165, 1.54) is 5.56 Å². The molecular weight excluding hydrogens is 438 g/mol.